The lowest BCUT2D eigenvalue weighted by Crippen LogP contribution is -2.20. The SMILES string of the molecule is CC(CN)CC(=O)Nc1c(Cl)cccc1Cl. The lowest BCUT2D eigenvalue weighted by Gasteiger charge is -2.11. The van der Waals surface area contributed by atoms with Gasteiger partial charge in [0.2, 0.25) is 5.91 Å². The number of carbonyl (C=O) groups is 1. The van der Waals surface area contributed by atoms with Gasteiger partial charge >= 0.3 is 0 Å². The molecule has 1 amide bonds. The molecule has 0 aliphatic rings. The number of carbonyl (C=O) groups excluding carboxylic acids is 1. The van der Waals surface area contributed by atoms with Crippen molar-refractivity contribution in [2.24, 2.45) is 11.7 Å². The van der Waals surface area contributed by atoms with Crippen LogP contribution in [0.4, 0.5) is 5.69 Å². The first-order chi connectivity index (χ1) is 7.54. The van der Waals surface area contributed by atoms with Crippen LogP contribution in [0.1, 0.15) is 13.3 Å². The van der Waals surface area contributed by atoms with Gasteiger partial charge in [-0.3, -0.25) is 4.79 Å². The third kappa shape index (κ3) is 3.67. The predicted octanol–water partition coefficient (Wildman–Crippen LogP) is 2.92. The summed E-state index contributed by atoms with van der Waals surface area (Å²) in [6.07, 6.45) is 0.359. The van der Waals surface area contributed by atoms with Crippen molar-refractivity contribution in [3.8, 4) is 0 Å². The smallest absolute Gasteiger partial charge is 0.224 e. The maximum absolute atomic E-state index is 11.6. The summed E-state index contributed by atoms with van der Waals surface area (Å²) in [6.45, 7) is 2.39. The van der Waals surface area contributed by atoms with Gasteiger partial charge in [-0.2, -0.15) is 0 Å². The molecule has 0 saturated carbocycles. The number of halogens is 2. The Hall–Kier alpha value is -0.770. The van der Waals surface area contributed by atoms with Crippen LogP contribution in [0, 0.1) is 5.92 Å². The van der Waals surface area contributed by atoms with E-state index < -0.39 is 0 Å². The molecule has 16 heavy (non-hydrogen) atoms. The van der Waals surface area contributed by atoms with E-state index in [-0.39, 0.29) is 11.8 Å². The number of amides is 1. The molecule has 1 unspecified atom stereocenters. The summed E-state index contributed by atoms with van der Waals surface area (Å²) in [4.78, 5) is 11.6. The molecule has 3 nitrogen and oxygen atoms in total. The molecule has 0 bridgehead atoms. The van der Waals surface area contributed by atoms with Gasteiger partial charge in [-0.15, -0.1) is 0 Å². The number of anilines is 1. The molecule has 0 heterocycles. The molecule has 0 saturated heterocycles. The highest BCUT2D eigenvalue weighted by atomic mass is 35.5. The number of hydrogen-bond acceptors (Lipinski definition) is 2. The van der Waals surface area contributed by atoms with Gasteiger partial charge in [0.25, 0.3) is 0 Å². The molecule has 5 heteroatoms. The van der Waals surface area contributed by atoms with Gasteiger partial charge in [0.1, 0.15) is 0 Å². The van der Waals surface area contributed by atoms with Crippen LogP contribution >= 0.6 is 23.2 Å². The van der Waals surface area contributed by atoms with Crippen molar-refractivity contribution in [2.45, 2.75) is 13.3 Å². The van der Waals surface area contributed by atoms with Crippen molar-refractivity contribution in [1.82, 2.24) is 0 Å². The summed E-state index contributed by atoms with van der Waals surface area (Å²) in [7, 11) is 0. The normalized spacial score (nSPS) is 12.2. The van der Waals surface area contributed by atoms with E-state index >= 15 is 0 Å². The number of benzene rings is 1. The highest BCUT2D eigenvalue weighted by Gasteiger charge is 2.11. The molecule has 88 valence electrons. The zero-order valence-corrected chi connectivity index (χ0v) is 10.5. The maximum Gasteiger partial charge on any atom is 0.224 e. The van der Waals surface area contributed by atoms with Crippen LogP contribution in [0.25, 0.3) is 0 Å². The van der Waals surface area contributed by atoms with Crippen molar-refractivity contribution in [3.63, 3.8) is 0 Å². The predicted molar refractivity (Wildman–Crippen MR) is 67.9 cm³/mol. The van der Waals surface area contributed by atoms with Gasteiger partial charge in [0, 0.05) is 6.42 Å². The topological polar surface area (TPSA) is 55.1 Å². The molecule has 0 radical (unpaired) electrons. The largest absolute Gasteiger partial charge is 0.330 e. The summed E-state index contributed by atoms with van der Waals surface area (Å²) in [5.41, 5.74) is 5.90. The summed E-state index contributed by atoms with van der Waals surface area (Å²) in [5.74, 6) is 0.00853. The number of hydrogen-bond donors (Lipinski definition) is 2. The van der Waals surface area contributed by atoms with Gasteiger partial charge in [-0.25, -0.2) is 0 Å². The molecule has 1 rings (SSSR count). The molecule has 3 N–H and O–H groups in total. The summed E-state index contributed by atoms with van der Waals surface area (Å²) in [5, 5.41) is 3.55. The van der Waals surface area contributed by atoms with Crippen LogP contribution in [0.15, 0.2) is 18.2 Å². The van der Waals surface area contributed by atoms with Crippen molar-refractivity contribution in [2.75, 3.05) is 11.9 Å². The number of para-hydroxylation sites is 1. The lowest BCUT2D eigenvalue weighted by atomic mass is 10.1. The Morgan fingerprint density at radius 1 is 1.44 bits per heavy atom. The number of nitrogens with one attached hydrogen (secondary N) is 1. The van der Waals surface area contributed by atoms with Gasteiger partial charge in [-0.05, 0) is 24.6 Å². The molecular formula is C11H14Cl2N2O. The van der Waals surface area contributed by atoms with Crippen molar-refractivity contribution >= 4 is 34.8 Å². The summed E-state index contributed by atoms with van der Waals surface area (Å²) in [6, 6.07) is 5.08. The zero-order valence-electron chi connectivity index (χ0n) is 8.97. The third-order valence-electron chi connectivity index (χ3n) is 2.16. The van der Waals surface area contributed by atoms with Gasteiger partial charge in [-0.1, -0.05) is 36.2 Å². The van der Waals surface area contributed by atoms with Crippen LogP contribution in [-0.4, -0.2) is 12.5 Å². The van der Waals surface area contributed by atoms with Crippen molar-refractivity contribution < 1.29 is 4.79 Å². The number of rotatable bonds is 4. The second-order valence-electron chi connectivity index (χ2n) is 3.69. The van der Waals surface area contributed by atoms with E-state index in [4.69, 9.17) is 28.9 Å². The minimum atomic E-state index is -0.132. The molecule has 1 aromatic rings. The van der Waals surface area contributed by atoms with E-state index in [9.17, 15) is 4.79 Å². The molecule has 1 aromatic carbocycles. The Bertz CT molecular complexity index is 362. The molecule has 0 fully saturated rings. The maximum atomic E-state index is 11.6. The fraction of sp³-hybridized carbons (Fsp3) is 0.364. The molecule has 0 aliphatic heterocycles. The van der Waals surface area contributed by atoms with Crippen LogP contribution in [-0.2, 0) is 4.79 Å². The van der Waals surface area contributed by atoms with E-state index in [1.54, 1.807) is 18.2 Å². The van der Waals surface area contributed by atoms with Gasteiger partial charge in [0.15, 0.2) is 0 Å². The van der Waals surface area contributed by atoms with E-state index in [1.165, 1.54) is 0 Å². The average Bonchev–Trinajstić information content (AvgIpc) is 2.23. The monoisotopic (exact) mass is 260 g/mol. The third-order valence-corrected chi connectivity index (χ3v) is 2.79. The standard InChI is InChI=1S/C11H14Cl2N2O/c1-7(6-14)5-10(16)15-11-8(12)3-2-4-9(11)13/h2-4,7H,5-6,14H2,1H3,(H,15,16). The Labute approximate surface area is 105 Å². The summed E-state index contributed by atoms with van der Waals surface area (Å²) < 4.78 is 0. The van der Waals surface area contributed by atoms with Gasteiger partial charge in [0.05, 0.1) is 15.7 Å². The molecule has 0 aromatic heterocycles. The quantitative estimate of drug-likeness (QED) is 0.875. The van der Waals surface area contributed by atoms with Crippen molar-refractivity contribution in [3.05, 3.63) is 28.2 Å². The van der Waals surface area contributed by atoms with Crippen LogP contribution < -0.4 is 11.1 Å². The van der Waals surface area contributed by atoms with E-state index in [0.717, 1.165) is 0 Å². The summed E-state index contributed by atoms with van der Waals surface area (Å²) >= 11 is 11.8. The first kappa shape index (κ1) is 13.3. The first-order valence-electron chi connectivity index (χ1n) is 4.98. The van der Waals surface area contributed by atoms with E-state index in [0.29, 0.717) is 28.7 Å². The Morgan fingerprint density at radius 2 is 2.00 bits per heavy atom. The highest BCUT2D eigenvalue weighted by Crippen LogP contribution is 2.29. The van der Waals surface area contributed by atoms with E-state index in [1.807, 2.05) is 6.92 Å². The molecular weight excluding hydrogens is 247 g/mol. The van der Waals surface area contributed by atoms with Crippen LogP contribution in [0.3, 0.4) is 0 Å². The van der Waals surface area contributed by atoms with E-state index in [2.05, 4.69) is 5.32 Å². The second-order valence-corrected chi connectivity index (χ2v) is 4.50. The Morgan fingerprint density at radius 3 is 2.50 bits per heavy atom. The highest BCUT2D eigenvalue weighted by molar-refractivity contribution is 6.39. The Kier molecular flexibility index (Phi) is 5.06. The first-order valence-corrected chi connectivity index (χ1v) is 5.74. The fourth-order valence-corrected chi connectivity index (χ4v) is 1.70. The molecule has 0 spiro atoms. The second kappa shape index (κ2) is 6.09. The van der Waals surface area contributed by atoms with Gasteiger partial charge < -0.3 is 11.1 Å². The van der Waals surface area contributed by atoms with Crippen LogP contribution in [0.2, 0.25) is 10.0 Å². The number of nitrogens with two attached hydrogens (primary N) is 1. The minimum Gasteiger partial charge on any atom is -0.330 e. The van der Waals surface area contributed by atoms with Crippen LogP contribution in [0.5, 0.6) is 0 Å². The molecule has 0 aliphatic carbocycles. The lowest BCUT2D eigenvalue weighted by molar-refractivity contribution is -0.116. The fourth-order valence-electron chi connectivity index (χ4n) is 1.21. The minimum absolute atomic E-state index is 0.132. The molecule has 1 atom stereocenters. The Balaban J connectivity index is 2.70. The average molecular weight is 261 g/mol. The van der Waals surface area contributed by atoms with Crippen molar-refractivity contribution in [1.29, 1.82) is 0 Å². The zero-order chi connectivity index (χ0) is 12.1.